The van der Waals surface area contributed by atoms with Crippen molar-refractivity contribution in [2.75, 3.05) is 17.5 Å². The number of ether oxygens (including phenoxy) is 1. The van der Waals surface area contributed by atoms with Crippen LogP contribution in [0.2, 0.25) is 0 Å². The molecule has 0 aliphatic heterocycles. The van der Waals surface area contributed by atoms with E-state index in [2.05, 4.69) is 10.9 Å². The van der Waals surface area contributed by atoms with Crippen LogP contribution in [0, 0.1) is 0 Å². The first-order valence-corrected chi connectivity index (χ1v) is 5.68. The Hall–Kier alpha value is -2.16. The molecule has 2 rings (SSSR count). The van der Waals surface area contributed by atoms with E-state index in [0.29, 0.717) is 6.61 Å². The monoisotopic (exact) mass is 228 g/mol. The molecule has 2 N–H and O–H groups in total. The smallest absolute Gasteiger partial charge is 0.119 e. The van der Waals surface area contributed by atoms with Crippen LogP contribution in [0.4, 0.5) is 11.4 Å². The van der Waals surface area contributed by atoms with Crippen LogP contribution in [0.3, 0.4) is 0 Å². The molecule has 2 aromatic rings. The second kappa shape index (κ2) is 5.80. The molecule has 2 aromatic carbocycles. The fourth-order valence-electron chi connectivity index (χ4n) is 1.47. The van der Waals surface area contributed by atoms with Gasteiger partial charge in [0.1, 0.15) is 5.75 Å². The molecule has 0 bridgehead atoms. The Labute approximate surface area is 101 Å². The highest BCUT2D eigenvalue weighted by molar-refractivity contribution is 5.53. The quantitative estimate of drug-likeness (QED) is 0.768. The van der Waals surface area contributed by atoms with Gasteiger partial charge in [0.2, 0.25) is 0 Å². The fourth-order valence-corrected chi connectivity index (χ4v) is 1.47. The highest BCUT2D eigenvalue weighted by atomic mass is 16.5. The van der Waals surface area contributed by atoms with Gasteiger partial charge in [0.05, 0.1) is 18.0 Å². The van der Waals surface area contributed by atoms with Crippen molar-refractivity contribution in [2.45, 2.75) is 6.92 Å². The van der Waals surface area contributed by atoms with Gasteiger partial charge in [-0.2, -0.15) is 0 Å². The minimum absolute atomic E-state index is 0.690. The van der Waals surface area contributed by atoms with Gasteiger partial charge in [0, 0.05) is 0 Å². The summed E-state index contributed by atoms with van der Waals surface area (Å²) >= 11 is 0. The number of rotatable bonds is 5. The number of hydrogen-bond donors (Lipinski definition) is 2. The number of anilines is 2. The Kier molecular flexibility index (Phi) is 3.86. The highest BCUT2D eigenvalue weighted by Gasteiger charge is 1.94. The largest absolute Gasteiger partial charge is 0.494 e. The first-order chi connectivity index (χ1) is 8.38. The van der Waals surface area contributed by atoms with Gasteiger partial charge in [-0.05, 0) is 43.3 Å². The van der Waals surface area contributed by atoms with Gasteiger partial charge in [-0.3, -0.25) is 0 Å². The number of hydrazine groups is 1. The Bertz CT molecular complexity index is 440. The lowest BCUT2D eigenvalue weighted by Crippen LogP contribution is -2.08. The average Bonchev–Trinajstić information content (AvgIpc) is 2.40. The van der Waals surface area contributed by atoms with Gasteiger partial charge in [0.15, 0.2) is 0 Å². The minimum atomic E-state index is 0.690. The van der Waals surface area contributed by atoms with Gasteiger partial charge >= 0.3 is 0 Å². The normalized spacial score (nSPS) is 9.71. The van der Waals surface area contributed by atoms with Crippen molar-refractivity contribution in [3.8, 4) is 5.75 Å². The van der Waals surface area contributed by atoms with E-state index >= 15 is 0 Å². The first kappa shape index (κ1) is 11.3. The van der Waals surface area contributed by atoms with Gasteiger partial charge in [-0.25, -0.2) is 0 Å². The molecule has 0 aromatic heterocycles. The summed E-state index contributed by atoms with van der Waals surface area (Å²) in [6.45, 7) is 2.66. The molecule has 0 atom stereocenters. The predicted octanol–water partition coefficient (Wildman–Crippen LogP) is 3.52. The summed E-state index contributed by atoms with van der Waals surface area (Å²) in [6, 6.07) is 17.8. The van der Waals surface area contributed by atoms with Gasteiger partial charge in [-0.15, -0.1) is 0 Å². The lowest BCUT2D eigenvalue weighted by atomic mass is 10.3. The van der Waals surface area contributed by atoms with Crippen molar-refractivity contribution in [1.82, 2.24) is 0 Å². The molecule has 0 saturated heterocycles. The molecule has 0 saturated carbocycles. The number of hydrogen-bond acceptors (Lipinski definition) is 3. The number of nitrogens with one attached hydrogen (secondary N) is 2. The Morgan fingerprint density at radius 1 is 0.824 bits per heavy atom. The Morgan fingerprint density at radius 3 is 2.00 bits per heavy atom. The molecule has 0 heterocycles. The molecule has 3 heteroatoms. The van der Waals surface area contributed by atoms with Crippen LogP contribution in [-0.2, 0) is 0 Å². The molecule has 3 nitrogen and oxygen atoms in total. The van der Waals surface area contributed by atoms with E-state index in [-0.39, 0.29) is 0 Å². The predicted molar refractivity (Wildman–Crippen MR) is 71.3 cm³/mol. The zero-order valence-electron chi connectivity index (χ0n) is 9.81. The summed E-state index contributed by atoms with van der Waals surface area (Å²) in [6.07, 6.45) is 0. The maximum absolute atomic E-state index is 5.38. The third-order valence-electron chi connectivity index (χ3n) is 2.29. The summed E-state index contributed by atoms with van der Waals surface area (Å²) in [5.74, 6) is 0.887. The van der Waals surface area contributed by atoms with Crippen LogP contribution >= 0.6 is 0 Å². The van der Waals surface area contributed by atoms with Gasteiger partial charge in [-0.1, -0.05) is 18.2 Å². The lowest BCUT2D eigenvalue weighted by molar-refractivity contribution is 0.340. The van der Waals surface area contributed by atoms with Gasteiger partial charge < -0.3 is 15.6 Å². The first-order valence-electron chi connectivity index (χ1n) is 5.68. The lowest BCUT2D eigenvalue weighted by Gasteiger charge is -2.10. The molecule has 0 radical (unpaired) electrons. The topological polar surface area (TPSA) is 33.3 Å². The van der Waals surface area contributed by atoms with E-state index < -0.39 is 0 Å². The van der Waals surface area contributed by atoms with E-state index in [9.17, 15) is 0 Å². The van der Waals surface area contributed by atoms with E-state index in [1.165, 1.54) is 0 Å². The van der Waals surface area contributed by atoms with E-state index in [1.54, 1.807) is 0 Å². The maximum atomic E-state index is 5.38. The van der Waals surface area contributed by atoms with Crippen molar-refractivity contribution in [2.24, 2.45) is 0 Å². The van der Waals surface area contributed by atoms with Crippen molar-refractivity contribution < 1.29 is 4.74 Å². The zero-order valence-corrected chi connectivity index (χ0v) is 9.81. The van der Waals surface area contributed by atoms with Gasteiger partial charge in [0.25, 0.3) is 0 Å². The number of benzene rings is 2. The fraction of sp³-hybridized carbons (Fsp3) is 0.143. The molecule has 0 aliphatic carbocycles. The van der Waals surface area contributed by atoms with E-state index in [4.69, 9.17) is 4.74 Å². The molecule has 0 unspecified atom stereocenters. The van der Waals surface area contributed by atoms with Crippen molar-refractivity contribution >= 4 is 11.4 Å². The summed E-state index contributed by atoms with van der Waals surface area (Å²) in [4.78, 5) is 0. The third-order valence-corrected chi connectivity index (χ3v) is 2.29. The molecule has 17 heavy (non-hydrogen) atoms. The SMILES string of the molecule is CCOc1ccc(NNc2ccccc2)cc1. The maximum Gasteiger partial charge on any atom is 0.119 e. The summed E-state index contributed by atoms with van der Waals surface area (Å²) < 4.78 is 5.38. The molecule has 0 fully saturated rings. The molecule has 0 amide bonds. The van der Waals surface area contributed by atoms with E-state index in [0.717, 1.165) is 17.1 Å². The van der Waals surface area contributed by atoms with Crippen LogP contribution in [0.5, 0.6) is 5.75 Å². The Balaban J connectivity index is 1.91. The summed E-state index contributed by atoms with van der Waals surface area (Å²) in [5, 5.41) is 0. The summed E-state index contributed by atoms with van der Waals surface area (Å²) in [7, 11) is 0. The van der Waals surface area contributed by atoms with Crippen molar-refractivity contribution in [3.05, 3.63) is 54.6 Å². The summed E-state index contributed by atoms with van der Waals surface area (Å²) in [5.41, 5.74) is 8.27. The van der Waals surface area contributed by atoms with Crippen molar-refractivity contribution in [1.29, 1.82) is 0 Å². The molecular weight excluding hydrogens is 212 g/mol. The minimum Gasteiger partial charge on any atom is -0.494 e. The third kappa shape index (κ3) is 3.41. The van der Waals surface area contributed by atoms with Crippen LogP contribution in [-0.4, -0.2) is 6.61 Å². The van der Waals surface area contributed by atoms with Crippen LogP contribution in [0.25, 0.3) is 0 Å². The highest BCUT2D eigenvalue weighted by Crippen LogP contribution is 2.16. The zero-order chi connectivity index (χ0) is 11.9. The van der Waals surface area contributed by atoms with Crippen LogP contribution in [0.1, 0.15) is 6.92 Å². The molecule has 88 valence electrons. The molecule has 0 spiro atoms. The molecular formula is C14H16N2O. The van der Waals surface area contributed by atoms with Crippen molar-refractivity contribution in [3.63, 3.8) is 0 Å². The van der Waals surface area contributed by atoms with Crippen LogP contribution < -0.4 is 15.6 Å². The second-order valence-electron chi connectivity index (χ2n) is 3.57. The molecule has 0 aliphatic rings. The average molecular weight is 228 g/mol. The number of para-hydroxylation sites is 1. The van der Waals surface area contributed by atoms with E-state index in [1.807, 2.05) is 61.5 Å². The second-order valence-corrected chi connectivity index (χ2v) is 3.57. The van der Waals surface area contributed by atoms with Crippen LogP contribution in [0.15, 0.2) is 54.6 Å². The standard InChI is InChI=1S/C14H16N2O/c1-2-17-14-10-8-13(9-11-14)16-15-12-6-4-3-5-7-12/h3-11,15-16H,2H2,1H3. The Morgan fingerprint density at radius 2 is 1.41 bits per heavy atom.